The third-order valence-electron chi connectivity index (χ3n) is 4.82. The van der Waals surface area contributed by atoms with Crippen molar-refractivity contribution in [1.29, 1.82) is 0 Å². The molecule has 1 saturated carbocycles. The summed E-state index contributed by atoms with van der Waals surface area (Å²) in [6, 6.07) is 7.13. The summed E-state index contributed by atoms with van der Waals surface area (Å²) in [5, 5.41) is 14.8. The van der Waals surface area contributed by atoms with E-state index in [-0.39, 0.29) is 18.0 Å². The highest BCUT2D eigenvalue weighted by molar-refractivity contribution is 5.84. The second-order valence-corrected chi connectivity index (χ2v) is 6.30. The van der Waals surface area contributed by atoms with Gasteiger partial charge in [-0.05, 0) is 43.2 Å². The van der Waals surface area contributed by atoms with E-state index in [0.717, 1.165) is 18.6 Å². The Morgan fingerprint density at radius 2 is 1.91 bits per heavy atom. The van der Waals surface area contributed by atoms with Crippen molar-refractivity contribution in [2.75, 3.05) is 7.11 Å². The Labute approximate surface area is 135 Å². The fourth-order valence-corrected chi connectivity index (χ4v) is 3.44. The van der Waals surface area contributed by atoms with E-state index < -0.39 is 12.0 Å². The highest BCUT2D eigenvalue weighted by atomic mass is 16.5. The van der Waals surface area contributed by atoms with Gasteiger partial charge in [0.1, 0.15) is 11.8 Å². The Kier molecular flexibility index (Phi) is 4.52. The maximum Gasteiger partial charge on any atom is 0.320 e. The zero-order valence-corrected chi connectivity index (χ0v) is 13.1. The number of methoxy groups -OCH3 is 1. The predicted molar refractivity (Wildman–Crippen MR) is 84.5 cm³/mol. The van der Waals surface area contributed by atoms with E-state index in [1.54, 1.807) is 7.11 Å². The fraction of sp³-hybridized carbons (Fsp3) is 0.529. The van der Waals surface area contributed by atoms with Gasteiger partial charge in [0.05, 0.1) is 13.2 Å². The van der Waals surface area contributed by atoms with Crippen LogP contribution in [0, 0.1) is 0 Å². The third-order valence-corrected chi connectivity index (χ3v) is 4.82. The summed E-state index contributed by atoms with van der Waals surface area (Å²) in [5.41, 5.74) is 1.19. The zero-order chi connectivity index (χ0) is 16.4. The second-order valence-electron chi connectivity index (χ2n) is 6.30. The number of hydrogen-bond acceptors (Lipinski definition) is 4. The maximum atomic E-state index is 12.2. The molecular weight excluding hydrogens is 296 g/mol. The lowest BCUT2D eigenvalue weighted by Crippen LogP contribution is -2.51. The maximum absolute atomic E-state index is 12.2. The fourth-order valence-electron chi connectivity index (χ4n) is 3.44. The van der Waals surface area contributed by atoms with Crippen molar-refractivity contribution in [1.82, 2.24) is 10.6 Å². The van der Waals surface area contributed by atoms with Crippen molar-refractivity contribution in [2.45, 2.75) is 49.7 Å². The number of aliphatic carboxylic acids is 1. The summed E-state index contributed by atoms with van der Waals surface area (Å²) in [6.07, 6.45) is 2.86. The minimum atomic E-state index is -0.889. The smallest absolute Gasteiger partial charge is 0.320 e. The van der Waals surface area contributed by atoms with Gasteiger partial charge < -0.3 is 15.2 Å². The molecule has 1 aromatic carbocycles. The van der Waals surface area contributed by atoms with Crippen molar-refractivity contribution < 1.29 is 19.4 Å². The van der Waals surface area contributed by atoms with Crippen molar-refractivity contribution >= 4 is 11.9 Å². The molecule has 1 heterocycles. The van der Waals surface area contributed by atoms with Crippen LogP contribution in [0.2, 0.25) is 0 Å². The molecule has 0 bridgehead atoms. The van der Waals surface area contributed by atoms with Crippen LogP contribution in [0.1, 0.15) is 37.2 Å². The van der Waals surface area contributed by atoms with Gasteiger partial charge in [-0.15, -0.1) is 0 Å². The van der Waals surface area contributed by atoms with Crippen LogP contribution in [0.4, 0.5) is 0 Å². The van der Waals surface area contributed by atoms with E-state index in [1.165, 1.54) is 5.56 Å². The van der Waals surface area contributed by atoms with Crippen molar-refractivity contribution in [2.24, 2.45) is 0 Å². The normalized spacial score (nSPS) is 29.6. The van der Waals surface area contributed by atoms with E-state index >= 15 is 0 Å². The summed E-state index contributed by atoms with van der Waals surface area (Å²) in [7, 11) is 1.67. The van der Waals surface area contributed by atoms with Gasteiger partial charge in [-0.3, -0.25) is 14.9 Å². The molecule has 0 unspecified atom stereocenters. The third kappa shape index (κ3) is 3.32. The van der Waals surface area contributed by atoms with Gasteiger partial charge in [0.25, 0.3) is 0 Å². The first-order chi connectivity index (χ1) is 11.1. The number of ether oxygens (including phenoxy) is 1. The Bertz CT molecular complexity index is 598. The van der Waals surface area contributed by atoms with Crippen molar-refractivity contribution in [3.8, 4) is 5.75 Å². The molecule has 0 radical (unpaired) electrons. The van der Waals surface area contributed by atoms with E-state index in [1.807, 2.05) is 18.2 Å². The molecule has 6 nitrogen and oxygen atoms in total. The molecular formula is C17H22N2O4. The molecule has 1 aliphatic carbocycles. The number of amides is 1. The van der Waals surface area contributed by atoms with Gasteiger partial charge in [0.2, 0.25) is 5.91 Å². The average Bonchev–Trinajstić information content (AvgIpc) is 3.00. The van der Waals surface area contributed by atoms with Gasteiger partial charge in [-0.2, -0.15) is 0 Å². The lowest BCUT2D eigenvalue weighted by Gasteiger charge is -2.37. The number of benzene rings is 1. The van der Waals surface area contributed by atoms with Crippen LogP contribution in [-0.2, 0) is 9.59 Å². The number of nitrogens with one attached hydrogen (secondary N) is 2. The number of carboxylic acids is 1. The molecule has 0 aromatic heterocycles. The minimum Gasteiger partial charge on any atom is -0.496 e. The quantitative estimate of drug-likeness (QED) is 0.761. The topological polar surface area (TPSA) is 87.7 Å². The van der Waals surface area contributed by atoms with Crippen LogP contribution in [-0.4, -0.2) is 42.2 Å². The monoisotopic (exact) mass is 318 g/mol. The van der Waals surface area contributed by atoms with E-state index in [2.05, 4.69) is 16.7 Å². The molecule has 1 saturated heterocycles. The van der Waals surface area contributed by atoms with Gasteiger partial charge >= 0.3 is 5.97 Å². The van der Waals surface area contributed by atoms with Crippen LogP contribution < -0.4 is 15.4 Å². The van der Waals surface area contributed by atoms with Gasteiger partial charge in [0, 0.05) is 6.04 Å². The SMILES string of the molecule is COc1ccccc1C1CC(NC(=O)[C@@H]2CC[C@H](C(=O)O)N2)C1. The summed E-state index contributed by atoms with van der Waals surface area (Å²) < 4.78 is 5.38. The van der Waals surface area contributed by atoms with Crippen LogP contribution in [0.15, 0.2) is 24.3 Å². The molecule has 3 N–H and O–H groups in total. The van der Waals surface area contributed by atoms with E-state index in [9.17, 15) is 9.59 Å². The molecule has 6 heteroatoms. The van der Waals surface area contributed by atoms with Crippen molar-refractivity contribution in [3.63, 3.8) is 0 Å². The molecule has 2 atom stereocenters. The lowest BCUT2D eigenvalue weighted by molar-refractivity contribution is -0.139. The minimum absolute atomic E-state index is 0.0859. The van der Waals surface area contributed by atoms with Gasteiger partial charge in [-0.1, -0.05) is 18.2 Å². The van der Waals surface area contributed by atoms with Crippen molar-refractivity contribution in [3.05, 3.63) is 29.8 Å². The molecule has 2 aliphatic rings. The Hall–Kier alpha value is -2.08. The number of carboxylic acid groups (broad SMARTS) is 1. The van der Waals surface area contributed by atoms with Gasteiger partial charge in [-0.25, -0.2) is 0 Å². The standard InChI is InChI=1S/C17H22N2O4/c1-23-15-5-3-2-4-12(15)10-8-11(9-10)18-16(20)13-6-7-14(19-13)17(21)22/h2-5,10-11,13-14,19H,6-9H2,1H3,(H,18,20)(H,21,22)/t10?,11?,13-,14+/m0/s1. The van der Waals surface area contributed by atoms with E-state index in [4.69, 9.17) is 9.84 Å². The number of carbonyl (C=O) groups is 2. The van der Waals surface area contributed by atoms with Crippen LogP contribution in [0.25, 0.3) is 0 Å². The molecule has 23 heavy (non-hydrogen) atoms. The predicted octanol–water partition coefficient (Wildman–Crippen LogP) is 1.26. The van der Waals surface area contributed by atoms with Gasteiger partial charge in [0.15, 0.2) is 0 Å². The molecule has 1 aromatic rings. The largest absolute Gasteiger partial charge is 0.496 e. The van der Waals surface area contributed by atoms with Crippen LogP contribution in [0.3, 0.4) is 0 Å². The summed E-state index contributed by atoms with van der Waals surface area (Å²) in [5.74, 6) is 0.321. The second kappa shape index (κ2) is 6.58. The number of para-hydroxylation sites is 1. The highest BCUT2D eigenvalue weighted by Gasteiger charge is 2.37. The van der Waals surface area contributed by atoms with Crippen LogP contribution in [0.5, 0.6) is 5.75 Å². The Morgan fingerprint density at radius 3 is 2.57 bits per heavy atom. The van der Waals surface area contributed by atoms with E-state index in [0.29, 0.717) is 18.8 Å². The zero-order valence-electron chi connectivity index (χ0n) is 13.1. The lowest BCUT2D eigenvalue weighted by atomic mass is 9.75. The van der Waals surface area contributed by atoms with Crippen LogP contribution >= 0.6 is 0 Å². The first kappa shape index (κ1) is 15.8. The average molecular weight is 318 g/mol. The number of hydrogen-bond donors (Lipinski definition) is 3. The Morgan fingerprint density at radius 1 is 1.22 bits per heavy atom. The molecule has 0 spiro atoms. The molecule has 1 aliphatic heterocycles. The molecule has 2 fully saturated rings. The first-order valence-electron chi connectivity index (χ1n) is 8.00. The highest BCUT2D eigenvalue weighted by Crippen LogP contribution is 2.41. The molecule has 124 valence electrons. The number of carbonyl (C=O) groups excluding carboxylic acids is 1. The Balaban J connectivity index is 1.49. The summed E-state index contributed by atoms with van der Waals surface area (Å²) in [4.78, 5) is 23.1. The first-order valence-corrected chi connectivity index (χ1v) is 8.00. The molecule has 3 rings (SSSR count). The summed E-state index contributed by atoms with van der Waals surface area (Å²) in [6.45, 7) is 0. The summed E-state index contributed by atoms with van der Waals surface area (Å²) >= 11 is 0. The number of rotatable bonds is 5. The molecule has 1 amide bonds.